The minimum absolute atomic E-state index is 0.0527. The summed E-state index contributed by atoms with van der Waals surface area (Å²) >= 11 is 0. The summed E-state index contributed by atoms with van der Waals surface area (Å²) in [5.41, 5.74) is 0.890. The minimum Gasteiger partial charge on any atom is -0.494 e. The molecular weight excluding hydrogens is 416 g/mol. The van der Waals surface area contributed by atoms with Crippen LogP contribution in [-0.2, 0) is 19.1 Å². The van der Waals surface area contributed by atoms with Crippen LogP contribution in [0.1, 0.15) is 97.0 Å². The van der Waals surface area contributed by atoms with E-state index >= 15 is 0 Å². The molecule has 0 spiro atoms. The van der Waals surface area contributed by atoms with Gasteiger partial charge in [-0.05, 0) is 36.6 Å². The third-order valence-electron chi connectivity index (χ3n) is 5.65. The fraction of sp³-hybridized carbons (Fsp3) is 0.643. The molecule has 1 aromatic rings. The van der Waals surface area contributed by atoms with Crippen molar-refractivity contribution in [3.8, 4) is 5.75 Å². The summed E-state index contributed by atoms with van der Waals surface area (Å²) in [5.74, 6) is -0.0216. The molecule has 0 N–H and O–H groups in total. The fourth-order valence-corrected chi connectivity index (χ4v) is 3.26. The van der Waals surface area contributed by atoms with Crippen LogP contribution in [0.5, 0.6) is 5.75 Å². The second kappa shape index (κ2) is 19.2. The Hall–Kier alpha value is -2.30. The highest BCUT2D eigenvalue weighted by atomic mass is 16.6. The van der Waals surface area contributed by atoms with Gasteiger partial charge in [0.05, 0.1) is 12.5 Å². The summed E-state index contributed by atoms with van der Waals surface area (Å²) in [5, 5.41) is 0. The lowest BCUT2D eigenvalue weighted by atomic mass is 10.1. The Morgan fingerprint density at radius 2 is 1.36 bits per heavy atom. The Balaban J connectivity index is 2.10. The van der Waals surface area contributed by atoms with Crippen LogP contribution >= 0.6 is 0 Å². The number of hydrogen-bond acceptors (Lipinski definition) is 5. The molecule has 33 heavy (non-hydrogen) atoms. The highest BCUT2D eigenvalue weighted by Gasteiger charge is 2.11. The van der Waals surface area contributed by atoms with Crippen molar-refractivity contribution in [3.63, 3.8) is 0 Å². The quantitative estimate of drug-likeness (QED) is 0.125. The molecule has 0 radical (unpaired) electrons. The largest absolute Gasteiger partial charge is 0.494 e. The average molecular weight is 461 g/mol. The van der Waals surface area contributed by atoms with Crippen molar-refractivity contribution in [3.05, 3.63) is 35.9 Å². The first kappa shape index (κ1) is 28.7. The molecule has 0 aliphatic heterocycles. The summed E-state index contributed by atoms with van der Waals surface area (Å²) in [7, 11) is 0. The van der Waals surface area contributed by atoms with Crippen molar-refractivity contribution in [1.82, 2.24) is 0 Å². The van der Waals surface area contributed by atoms with Crippen molar-refractivity contribution in [1.29, 1.82) is 0 Å². The SMILES string of the molecule is CCCCCCCCCCCCOc1ccc(/C=C/C(=O)OCCOC(=O)C(C)CC)cc1. The zero-order chi connectivity index (χ0) is 24.2. The highest BCUT2D eigenvalue weighted by Crippen LogP contribution is 2.15. The van der Waals surface area contributed by atoms with E-state index in [0.29, 0.717) is 0 Å². The van der Waals surface area contributed by atoms with Gasteiger partial charge in [-0.25, -0.2) is 4.79 Å². The Morgan fingerprint density at radius 1 is 0.788 bits per heavy atom. The van der Waals surface area contributed by atoms with Crippen molar-refractivity contribution in [2.45, 2.75) is 91.4 Å². The second-order valence-corrected chi connectivity index (χ2v) is 8.58. The molecule has 1 unspecified atom stereocenters. The van der Waals surface area contributed by atoms with Crippen LogP contribution in [0, 0.1) is 5.92 Å². The van der Waals surface area contributed by atoms with Crippen LogP contribution in [0.3, 0.4) is 0 Å². The van der Waals surface area contributed by atoms with Gasteiger partial charge in [0.2, 0.25) is 0 Å². The molecule has 1 atom stereocenters. The monoisotopic (exact) mass is 460 g/mol. The van der Waals surface area contributed by atoms with Gasteiger partial charge in [-0.3, -0.25) is 4.79 Å². The summed E-state index contributed by atoms with van der Waals surface area (Å²) in [6, 6.07) is 7.64. The minimum atomic E-state index is -0.462. The topological polar surface area (TPSA) is 61.8 Å². The molecule has 0 fully saturated rings. The van der Waals surface area contributed by atoms with E-state index < -0.39 is 5.97 Å². The molecule has 5 nitrogen and oxygen atoms in total. The van der Waals surface area contributed by atoms with Gasteiger partial charge in [-0.1, -0.05) is 90.7 Å². The van der Waals surface area contributed by atoms with Gasteiger partial charge in [-0.15, -0.1) is 0 Å². The van der Waals surface area contributed by atoms with Crippen molar-refractivity contribution in [2.24, 2.45) is 5.92 Å². The molecule has 0 saturated carbocycles. The third kappa shape index (κ3) is 15.2. The first-order chi connectivity index (χ1) is 16.1. The fourth-order valence-electron chi connectivity index (χ4n) is 3.26. The number of carbonyl (C=O) groups is 2. The van der Waals surface area contributed by atoms with Crippen LogP contribution in [0.4, 0.5) is 0 Å². The molecule has 1 aromatic carbocycles. The molecule has 0 aromatic heterocycles. The molecular formula is C28H44O5. The van der Waals surface area contributed by atoms with E-state index in [9.17, 15) is 9.59 Å². The lowest BCUT2D eigenvalue weighted by molar-refractivity contribution is -0.152. The Labute approximate surface area is 200 Å². The Morgan fingerprint density at radius 3 is 1.97 bits per heavy atom. The number of esters is 2. The smallest absolute Gasteiger partial charge is 0.330 e. The van der Waals surface area contributed by atoms with E-state index in [1.807, 2.05) is 38.1 Å². The number of benzene rings is 1. The van der Waals surface area contributed by atoms with Gasteiger partial charge in [0.1, 0.15) is 19.0 Å². The molecule has 0 amide bonds. The molecule has 1 rings (SSSR count). The molecule has 0 bridgehead atoms. The van der Waals surface area contributed by atoms with Crippen LogP contribution in [-0.4, -0.2) is 31.8 Å². The van der Waals surface area contributed by atoms with Gasteiger partial charge in [-0.2, -0.15) is 0 Å². The molecule has 0 aliphatic rings. The van der Waals surface area contributed by atoms with Crippen molar-refractivity contribution >= 4 is 18.0 Å². The standard InChI is InChI=1S/C28H44O5/c1-4-6-7-8-9-10-11-12-13-14-21-31-26-18-15-25(16-19-26)17-20-27(29)32-22-23-33-28(30)24(3)5-2/h15-20,24H,4-14,21-23H2,1-3H3/b20-17+. The van der Waals surface area contributed by atoms with Gasteiger partial charge < -0.3 is 14.2 Å². The maximum absolute atomic E-state index is 11.8. The third-order valence-corrected chi connectivity index (χ3v) is 5.65. The first-order valence-corrected chi connectivity index (χ1v) is 12.8. The number of hydrogen-bond donors (Lipinski definition) is 0. The summed E-state index contributed by atoms with van der Waals surface area (Å²) in [6.07, 6.45) is 16.9. The van der Waals surface area contributed by atoms with E-state index in [-0.39, 0.29) is 25.1 Å². The van der Waals surface area contributed by atoms with Crippen LogP contribution in [0.25, 0.3) is 6.08 Å². The van der Waals surface area contributed by atoms with E-state index in [1.54, 1.807) is 6.08 Å². The van der Waals surface area contributed by atoms with Gasteiger partial charge in [0.25, 0.3) is 0 Å². The van der Waals surface area contributed by atoms with E-state index in [2.05, 4.69) is 6.92 Å². The maximum atomic E-state index is 11.8. The Kier molecular flexibility index (Phi) is 16.7. The summed E-state index contributed by atoms with van der Waals surface area (Å²) < 4.78 is 15.9. The maximum Gasteiger partial charge on any atom is 0.330 e. The summed E-state index contributed by atoms with van der Waals surface area (Å²) in [6.45, 7) is 6.86. The lowest BCUT2D eigenvalue weighted by Gasteiger charge is -2.08. The zero-order valence-corrected chi connectivity index (χ0v) is 21.0. The van der Waals surface area contributed by atoms with Crippen LogP contribution in [0.15, 0.2) is 30.3 Å². The molecule has 0 aliphatic carbocycles. The van der Waals surface area contributed by atoms with Crippen LogP contribution < -0.4 is 4.74 Å². The number of unbranched alkanes of at least 4 members (excludes halogenated alkanes) is 9. The van der Waals surface area contributed by atoms with Gasteiger partial charge >= 0.3 is 11.9 Å². The first-order valence-electron chi connectivity index (χ1n) is 12.8. The average Bonchev–Trinajstić information content (AvgIpc) is 2.83. The predicted octanol–water partition coefficient (Wildman–Crippen LogP) is 7.13. The highest BCUT2D eigenvalue weighted by molar-refractivity contribution is 5.87. The zero-order valence-electron chi connectivity index (χ0n) is 21.0. The van der Waals surface area contributed by atoms with Crippen molar-refractivity contribution in [2.75, 3.05) is 19.8 Å². The molecule has 0 heterocycles. The van der Waals surface area contributed by atoms with Gasteiger partial charge in [0, 0.05) is 6.08 Å². The molecule has 186 valence electrons. The van der Waals surface area contributed by atoms with E-state index in [1.165, 1.54) is 63.9 Å². The number of ether oxygens (including phenoxy) is 3. The van der Waals surface area contributed by atoms with Crippen molar-refractivity contribution < 1.29 is 23.8 Å². The Bertz CT molecular complexity index is 665. The van der Waals surface area contributed by atoms with E-state index in [0.717, 1.165) is 30.8 Å². The predicted molar refractivity (Wildman–Crippen MR) is 134 cm³/mol. The molecule has 0 saturated heterocycles. The number of carbonyl (C=O) groups excluding carboxylic acids is 2. The second-order valence-electron chi connectivity index (χ2n) is 8.58. The molecule has 5 heteroatoms. The lowest BCUT2D eigenvalue weighted by Crippen LogP contribution is -2.17. The normalized spacial score (nSPS) is 12.0. The summed E-state index contributed by atoms with van der Waals surface area (Å²) in [4.78, 5) is 23.3. The van der Waals surface area contributed by atoms with Gasteiger partial charge in [0.15, 0.2) is 0 Å². The van der Waals surface area contributed by atoms with E-state index in [4.69, 9.17) is 14.2 Å². The van der Waals surface area contributed by atoms with Crippen LogP contribution in [0.2, 0.25) is 0 Å². The number of rotatable bonds is 19.